The zero-order valence-corrected chi connectivity index (χ0v) is 23.8. The van der Waals surface area contributed by atoms with Crippen LogP contribution in [0.5, 0.6) is 0 Å². The first-order chi connectivity index (χ1) is 20.6. The van der Waals surface area contributed by atoms with Gasteiger partial charge >= 0.3 is 0 Å². The monoisotopic (exact) mass is 536 g/mol. The molecule has 0 unspecified atom stereocenters. The summed E-state index contributed by atoms with van der Waals surface area (Å²) >= 11 is 0. The fourth-order valence-corrected chi connectivity index (χ4v) is 7.83. The molecule has 0 fully saturated rings. The highest BCUT2D eigenvalue weighted by Crippen LogP contribution is 2.43. The molecule has 0 radical (unpaired) electrons. The van der Waals surface area contributed by atoms with Crippen molar-refractivity contribution in [1.29, 1.82) is 0 Å². The van der Waals surface area contributed by atoms with Gasteiger partial charge in [0.25, 0.3) is 0 Å². The minimum Gasteiger partial charge on any atom is -0.310 e. The third-order valence-corrected chi connectivity index (χ3v) is 9.63. The minimum atomic E-state index is -0.0766. The number of fused-ring (bicyclic) bond motifs is 8. The van der Waals surface area contributed by atoms with Crippen molar-refractivity contribution in [2.24, 2.45) is 0 Å². The lowest BCUT2D eigenvalue weighted by atomic mass is 9.30. The predicted octanol–water partition coefficient (Wildman–Crippen LogP) is 7.72. The SMILES string of the molecule is CC1(C)c2ccccc2B2c3ccccc3-n3c4ccc(N(c5ccccc5)c5ccccc5)cc4c4ccc1c2c43. The Morgan fingerprint density at radius 3 is 1.93 bits per heavy atom. The molecule has 0 aliphatic carbocycles. The molecular formula is C39H29BN2. The van der Waals surface area contributed by atoms with Gasteiger partial charge in [-0.1, -0.05) is 110 Å². The fraction of sp³-hybridized carbons (Fsp3) is 0.0769. The van der Waals surface area contributed by atoms with Gasteiger partial charge in [-0.15, -0.1) is 0 Å². The molecule has 198 valence electrons. The van der Waals surface area contributed by atoms with Gasteiger partial charge in [-0.25, -0.2) is 0 Å². The summed E-state index contributed by atoms with van der Waals surface area (Å²) in [6, 6.07) is 51.3. The number of rotatable bonds is 3. The molecule has 2 aliphatic heterocycles. The Bertz CT molecular complexity index is 2140. The highest BCUT2D eigenvalue weighted by Gasteiger charge is 2.44. The van der Waals surface area contributed by atoms with Crippen LogP contribution in [0.3, 0.4) is 0 Å². The van der Waals surface area contributed by atoms with E-state index < -0.39 is 0 Å². The Balaban J connectivity index is 1.38. The summed E-state index contributed by atoms with van der Waals surface area (Å²) in [4.78, 5) is 2.36. The van der Waals surface area contributed by atoms with Gasteiger partial charge in [-0.3, -0.25) is 0 Å². The molecule has 0 N–H and O–H groups in total. The molecule has 0 saturated heterocycles. The summed E-state index contributed by atoms with van der Waals surface area (Å²) in [5.41, 5.74) is 14.5. The zero-order chi connectivity index (χ0) is 28.0. The highest BCUT2D eigenvalue weighted by molar-refractivity contribution is 6.99. The van der Waals surface area contributed by atoms with E-state index in [1.54, 1.807) is 0 Å². The smallest absolute Gasteiger partial charge is 0.247 e. The van der Waals surface area contributed by atoms with Crippen molar-refractivity contribution >= 4 is 62.0 Å². The average Bonchev–Trinajstić information content (AvgIpc) is 3.37. The molecule has 9 rings (SSSR count). The van der Waals surface area contributed by atoms with Crippen molar-refractivity contribution in [1.82, 2.24) is 4.57 Å². The van der Waals surface area contributed by atoms with Gasteiger partial charge in [-0.05, 0) is 70.6 Å². The Hall–Kier alpha value is -5.02. The maximum atomic E-state index is 2.54. The average molecular weight is 536 g/mol. The van der Waals surface area contributed by atoms with Crippen LogP contribution in [0.4, 0.5) is 17.1 Å². The van der Waals surface area contributed by atoms with Crippen LogP contribution in [0.2, 0.25) is 0 Å². The largest absolute Gasteiger partial charge is 0.310 e. The van der Waals surface area contributed by atoms with Crippen LogP contribution in [0.25, 0.3) is 27.5 Å². The van der Waals surface area contributed by atoms with Gasteiger partial charge in [0, 0.05) is 44.5 Å². The Morgan fingerprint density at radius 1 is 0.548 bits per heavy atom. The standard InChI is InChI=1S/C39H29BN2/c1-39(2)31-17-9-10-18-33(31)40-34-19-11-12-20-36(34)42-35-24-21-28(25-30(35)29-22-23-32(39)37(40)38(29)42)41(26-13-5-3-6-14-26)27-15-7-4-8-16-27/h3-25H,1-2H3. The molecule has 42 heavy (non-hydrogen) atoms. The van der Waals surface area contributed by atoms with E-state index in [-0.39, 0.29) is 12.1 Å². The van der Waals surface area contributed by atoms with Gasteiger partial charge in [0.2, 0.25) is 6.71 Å². The predicted molar refractivity (Wildman–Crippen MR) is 179 cm³/mol. The lowest BCUT2D eigenvalue weighted by Crippen LogP contribution is -2.63. The first-order valence-electron chi connectivity index (χ1n) is 14.8. The summed E-state index contributed by atoms with van der Waals surface area (Å²) in [6.45, 7) is 5.01. The van der Waals surface area contributed by atoms with Crippen molar-refractivity contribution in [2.75, 3.05) is 4.90 Å². The first-order valence-corrected chi connectivity index (χ1v) is 14.8. The highest BCUT2D eigenvalue weighted by atomic mass is 15.1. The normalized spacial score (nSPS) is 14.1. The maximum absolute atomic E-state index is 2.54. The molecule has 0 bridgehead atoms. The molecule has 1 aromatic heterocycles. The topological polar surface area (TPSA) is 8.17 Å². The Labute approximate surface area is 246 Å². The minimum absolute atomic E-state index is 0.0766. The van der Waals surface area contributed by atoms with Crippen LogP contribution < -0.4 is 21.3 Å². The molecule has 7 aromatic rings. The third-order valence-electron chi connectivity index (χ3n) is 9.63. The van der Waals surface area contributed by atoms with Gasteiger partial charge in [-0.2, -0.15) is 0 Å². The number of para-hydroxylation sites is 3. The van der Waals surface area contributed by atoms with Crippen molar-refractivity contribution in [3.8, 4) is 5.69 Å². The molecule has 0 amide bonds. The van der Waals surface area contributed by atoms with Gasteiger partial charge in [0.15, 0.2) is 0 Å². The van der Waals surface area contributed by atoms with Crippen LogP contribution in [0.15, 0.2) is 140 Å². The molecule has 6 aromatic carbocycles. The van der Waals surface area contributed by atoms with E-state index in [0.717, 1.165) is 17.1 Å². The Morgan fingerprint density at radius 2 is 1.19 bits per heavy atom. The number of hydrogen-bond acceptors (Lipinski definition) is 1. The van der Waals surface area contributed by atoms with Crippen molar-refractivity contribution < 1.29 is 0 Å². The maximum Gasteiger partial charge on any atom is 0.247 e. The number of anilines is 3. The quantitative estimate of drug-likeness (QED) is 0.210. The van der Waals surface area contributed by atoms with Crippen LogP contribution in [-0.4, -0.2) is 11.3 Å². The molecule has 3 heteroatoms. The van der Waals surface area contributed by atoms with Gasteiger partial charge in [0.05, 0.1) is 5.52 Å². The molecule has 0 spiro atoms. The van der Waals surface area contributed by atoms with E-state index in [4.69, 9.17) is 0 Å². The summed E-state index contributed by atoms with van der Waals surface area (Å²) in [7, 11) is 0. The van der Waals surface area contributed by atoms with Gasteiger partial charge in [0.1, 0.15) is 0 Å². The second-order valence-corrected chi connectivity index (χ2v) is 12.2. The lowest BCUT2D eigenvalue weighted by Gasteiger charge is -2.41. The summed E-state index contributed by atoms with van der Waals surface area (Å²) in [5.74, 6) is 0. The number of aromatic nitrogens is 1. The molecule has 0 saturated carbocycles. The van der Waals surface area contributed by atoms with Crippen LogP contribution in [0, 0.1) is 0 Å². The number of nitrogens with zero attached hydrogens (tertiary/aromatic N) is 2. The van der Waals surface area contributed by atoms with Crippen molar-refractivity contribution in [3.63, 3.8) is 0 Å². The fourth-order valence-electron chi connectivity index (χ4n) is 7.83. The molecule has 0 atom stereocenters. The first kappa shape index (κ1) is 23.7. The number of benzene rings is 6. The van der Waals surface area contributed by atoms with Crippen molar-refractivity contribution in [3.05, 3.63) is 151 Å². The van der Waals surface area contributed by atoms with E-state index in [0.29, 0.717) is 0 Å². The molecule has 3 heterocycles. The van der Waals surface area contributed by atoms with Crippen molar-refractivity contribution in [2.45, 2.75) is 19.3 Å². The van der Waals surface area contributed by atoms with E-state index in [9.17, 15) is 0 Å². The number of hydrogen-bond donors (Lipinski definition) is 0. The van der Waals surface area contributed by atoms with E-state index in [1.807, 2.05) is 0 Å². The molecule has 2 aliphatic rings. The Kier molecular flexibility index (Phi) is 4.79. The molecule has 2 nitrogen and oxygen atoms in total. The van der Waals surface area contributed by atoms with E-state index in [1.165, 1.54) is 55.0 Å². The van der Waals surface area contributed by atoms with E-state index in [2.05, 4.69) is 163 Å². The van der Waals surface area contributed by atoms with Crippen LogP contribution in [0.1, 0.15) is 25.0 Å². The van der Waals surface area contributed by atoms with Gasteiger partial charge < -0.3 is 9.47 Å². The zero-order valence-electron chi connectivity index (χ0n) is 23.8. The molecular weight excluding hydrogens is 507 g/mol. The summed E-state index contributed by atoms with van der Waals surface area (Å²) < 4.78 is 2.54. The summed E-state index contributed by atoms with van der Waals surface area (Å²) in [6.07, 6.45) is 0. The second kappa shape index (κ2) is 8.50. The second-order valence-electron chi connectivity index (χ2n) is 12.2. The van der Waals surface area contributed by atoms with E-state index >= 15 is 0 Å². The summed E-state index contributed by atoms with van der Waals surface area (Å²) in [5, 5.41) is 2.61. The van der Waals surface area contributed by atoms with Crippen LogP contribution in [-0.2, 0) is 5.41 Å². The lowest BCUT2D eigenvalue weighted by molar-refractivity contribution is 0.646. The van der Waals surface area contributed by atoms with Crippen LogP contribution >= 0.6 is 0 Å². The third kappa shape index (κ3) is 3.06.